The van der Waals surface area contributed by atoms with Gasteiger partial charge in [0.15, 0.2) is 0 Å². The molecule has 1 N–H and O–H groups in total. The van der Waals surface area contributed by atoms with Gasteiger partial charge < -0.3 is 5.32 Å². The Morgan fingerprint density at radius 3 is 2.89 bits per heavy atom. The highest BCUT2D eigenvalue weighted by Gasteiger charge is 2.09. The highest BCUT2D eigenvalue weighted by Crippen LogP contribution is 2.23. The van der Waals surface area contributed by atoms with Crippen LogP contribution in [0.4, 0.5) is 4.39 Å². The fourth-order valence-electron chi connectivity index (χ4n) is 1.85. The Morgan fingerprint density at radius 1 is 1.42 bits per heavy atom. The van der Waals surface area contributed by atoms with E-state index in [9.17, 15) is 4.39 Å². The number of benzene rings is 1. The Kier molecular flexibility index (Phi) is 8.59. The SMILES string of the molecule is C=CCCCC(CSc1ccccc1F)NCCC. The van der Waals surface area contributed by atoms with Crippen LogP contribution in [0, 0.1) is 5.82 Å². The summed E-state index contributed by atoms with van der Waals surface area (Å²) < 4.78 is 13.5. The largest absolute Gasteiger partial charge is 0.313 e. The van der Waals surface area contributed by atoms with Crippen molar-refractivity contribution in [2.24, 2.45) is 0 Å². The second-order valence-corrected chi connectivity index (χ2v) is 5.67. The average Bonchev–Trinajstić information content (AvgIpc) is 2.43. The maximum absolute atomic E-state index is 13.5. The minimum atomic E-state index is -0.118. The van der Waals surface area contributed by atoms with Gasteiger partial charge in [-0.1, -0.05) is 25.1 Å². The summed E-state index contributed by atoms with van der Waals surface area (Å²) in [6.45, 7) is 6.94. The number of nitrogens with one attached hydrogen (secondary N) is 1. The van der Waals surface area contributed by atoms with Crippen molar-refractivity contribution in [3.8, 4) is 0 Å². The van der Waals surface area contributed by atoms with Gasteiger partial charge in [-0.3, -0.25) is 0 Å². The van der Waals surface area contributed by atoms with Crippen molar-refractivity contribution >= 4 is 11.8 Å². The molecule has 0 aliphatic rings. The van der Waals surface area contributed by atoms with E-state index in [1.165, 1.54) is 6.07 Å². The molecule has 0 radical (unpaired) electrons. The molecular formula is C16H24FNS. The summed E-state index contributed by atoms with van der Waals surface area (Å²) in [4.78, 5) is 0.745. The molecule has 0 saturated carbocycles. The number of unbranched alkanes of at least 4 members (excludes halogenated alkanes) is 1. The maximum Gasteiger partial charge on any atom is 0.136 e. The normalized spacial score (nSPS) is 12.3. The van der Waals surface area contributed by atoms with E-state index in [2.05, 4.69) is 18.8 Å². The number of allylic oxidation sites excluding steroid dienone is 1. The van der Waals surface area contributed by atoms with Crippen molar-refractivity contribution in [2.75, 3.05) is 12.3 Å². The third-order valence-electron chi connectivity index (χ3n) is 2.92. The lowest BCUT2D eigenvalue weighted by Crippen LogP contribution is -2.31. The predicted molar refractivity (Wildman–Crippen MR) is 83.3 cm³/mol. The molecule has 0 fully saturated rings. The van der Waals surface area contributed by atoms with Gasteiger partial charge in [-0.25, -0.2) is 4.39 Å². The van der Waals surface area contributed by atoms with Crippen molar-refractivity contribution < 1.29 is 4.39 Å². The van der Waals surface area contributed by atoms with E-state index in [1.54, 1.807) is 17.8 Å². The molecule has 3 heteroatoms. The zero-order chi connectivity index (χ0) is 13.9. The summed E-state index contributed by atoms with van der Waals surface area (Å²) >= 11 is 1.60. The topological polar surface area (TPSA) is 12.0 Å². The van der Waals surface area contributed by atoms with E-state index in [0.717, 1.165) is 42.9 Å². The van der Waals surface area contributed by atoms with Gasteiger partial charge in [0.2, 0.25) is 0 Å². The number of thioether (sulfide) groups is 1. The van der Waals surface area contributed by atoms with E-state index in [0.29, 0.717) is 6.04 Å². The zero-order valence-corrected chi connectivity index (χ0v) is 12.5. The van der Waals surface area contributed by atoms with Gasteiger partial charge in [0, 0.05) is 16.7 Å². The molecule has 1 rings (SSSR count). The van der Waals surface area contributed by atoms with Crippen LogP contribution in [0.3, 0.4) is 0 Å². The first-order valence-corrected chi connectivity index (χ1v) is 7.98. The van der Waals surface area contributed by atoms with Crippen LogP contribution in [-0.2, 0) is 0 Å². The van der Waals surface area contributed by atoms with E-state index < -0.39 is 0 Å². The molecule has 0 saturated heterocycles. The van der Waals surface area contributed by atoms with E-state index in [4.69, 9.17) is 0 Å². The maximum atomic E-state index is 13.5. The van der Waals surface area contributed by atoms with Gasteiger partial charge in [0.1, 0.15) is 5.82 Å². The highest BCUT2D eigenvalue weighted by atomic mass is 32.2. The molecule has 19 heavy (non-hydrogen) atoms. The molecule has 1 nitrogen and oxygen atoms in total. The summed E-state index contributed by atoms with van der Waals surface area (Å²) in [6, 6.07) is 7.44. The average molecular weight is 281 g/mol. The Labute approximate surface area is 120 Å². The fraction of sp³-hybridized carbons (Fsp3) is 0.500. The monoisotopic (exact) mass is 281 g/mol. The molecule has 0 bridgehead atoms. The molecule has 1 aromatic carbocycles. The van der Waals surface area contributed by atoms with Crippen LogP contribution in [0.15, 0.2) is 41.8 Å². The van der Waals surface area contributed by atoms with Crippen LogP contribution in [0.2, 0.25) is 0 Å². The van der Waals surface area contributed by atoms with Crippen LogP contribution in [0.5, 0.6) is 0 Å². The van der Waals surface area contributed by atoms with Crippen LogP contribution < -0.4 is 5.32 Å². The van der Waals surface area contributed by atoms with Crippen molar-refractivity contribution in [3.05, 3.63) is 42.7 Å². The van der Waals surface area contributed by atoms with Crippen molar-refractivity contribution in [1.82, 2.24) is 5.32 Å². The molecule has 0 aliphatic heterocycles. The van der Waals surface area contributed by atoms with Gasteiger partial charge in [0.05, 0.1) is 0 Å². The van der Waals surface area contributed by atoms with Gasteiger partial charge in [-0.15, -0.1) is 18.3 Å². The fourth-order valence-corrected chi connectivity index (χ4v) is 2.90. The summed E-state index contributed by atoms with van der Waals surface area (Å²) in [6.07, 6.45) is 6.40. The lowest BCUT2D eigenvalue weighted by atomic mass is 10.1. The lowest BCUT2D eigenvalue weighted by Gasteiger charge is -2.18. The molecule has 1 aromatic rings. The molecule has 0 spiro atoms. The molecule has 1 atom stereocenters. The molecule has 0 heterocycles. The van der Waals surface area contributed by atoms with E-state index >= 15 is 0 Å². The third kappa shape index (κ3) is 6.79. The Balaban J connectivity index is 2.42. The second-order valence-electron chi connectivity index (χ2n) is 4.61. The van der Waals surface area contributed by atoms with E-state index in [1.807, 2.05) is 18.2 Å². The quantitative estimate of drug-likeness (QED) is 0.381. The molecule has 0 aliphatic carbocycles. The minimum absolute atomic E-state index is 0.118. The van der Waals surface area contributed by atoms with Crippen LogP contribution in [0.1, 0.15) is 32.6 Å². The first-order chi connectivity index (χ1) is 9.27. The number of hydrogen-bond acceptors (Lipinski definition) is 2. The molecule has 1 unspecified atom stereocenters. The van der Waals surface area contributed by atoms with E-state index in [-0.39, 0.29) is 5.82 Å². The van der Waals surface area contributed by atoms with Gasteiger partial charge in [-0.05, 0) is 44.4 Å². The van der Waals surface area contributed by atoms with Crippen LogP contribution >= 0.6 is 11.8 Å². The highest BCUT2D eigenvalue weighted by molar-refractivity contribution is 7.99. The van der Waals surface area contributed by atoms with Gasteiger partial charge >= 0.3 is 0 Å². The number of halogens is 1. The van der Waals surface area contributed by atoms with Gasteiger partial charge in [0.25, 0.3) is 0 Å². The Hall–Kier alpha value is -0.800. The smallest absolute Gasteiger partial charge is 0.136 e. The zero-order valence-electron chi connectivity index (χ0n) is 11.7. The minimum Gasteiger partial charge on any atom is -0.313 e. The summed E-state index contributed by atoms with van der Waals surface area (Å²) in [5, 5.41) is 3.54. The van der Waals surface area contributed by atoms with Crippen molar-refractivity contribution in [2.45, 2.75) is 43.5 Å². The summed E-state index contributed by atoms with van der Waals surface area (Å²) in [5.74, 6) is 0.797. The summed E-state index contributed by atoms with van der Waals surface area (Å²) in [5.41, 5.74) is 0. The third-order valence-corrected chi connectivity index (χ3v) is 4.13. The summed E-state index contributed by atoms with van der Waals surface area (Å²) in [7, 11) is 0. The van der Waals surface area contributed by atoms with Crippen LogP contribution in [-0.4, -0.2) is 18.3 Å². The molecule has 106 valence electrons. The van der Waals surface area contributed by atoms with Gasteiger partial charge in [-0.2, -0.15) is 0 Å². The van der Waals surface area contributed by atoms with Crippen molar-refractivity contribution in [1.29, 1.82) is 0 Å². The molecule has 0 amide bonds. The predicted octanol–water partition coefficient (Wildman–Crippen LogP) is 4.64. The Bertz CT molecular complexity index is 368. The lowest BCUT2D eigenvalue weighted by molar-refractivity contribution is 0.506. The number of rotatable bonds is 10. The Morgan fingerprint density at radius 2 is 2.21 bits per heavy atom. The second kappa shape index (κ2) is 10.0. The van der Waals surface area contributed by atoms with Crippen LogP contribution in [0.25, 0.3) is 0 Å². The first-order valence-electron chi connectivity index (χ1n) is 6.99. The first kappa shape index (κ1) is 16.3. The number of hydrogen-bond donors (Lipinski definition) is 1. The molecular weight excluding hydrogens is 257 g/mol. The molecule has 0 aromatic heterocycles. The van der Waals surface area contributed by atoms with Crippen molar-refractivity contribution in [3.63, 3.8) is 0 Å². The standard InChI is InChI=1S/C16H24FNS/c1-3-5-6-9-14(18-12-4-2)13-19-16-11-8-7-10-15(16)17/h3,7-8,10-11,14,18H,1,4-6,9,12-13H2,2H3.